The second kappa shape index (κ2) is 7.48. The molecule has 0 bridgehead atoms. The second-order valence-electron chi connectivity index (χ2n) is 5.40. The van der Waals surface area contributed by atoms with Gasteiger partial charge in [0, 0.05) is 38.4 Å². The molecule has 1 aliphatic rings. The molecule has 0 atom stereocenters. The molecule has 0 saturated heterocycles. The van der Waals surface area contributed by atoms with Crippen molar-refractivity contribution in [3.63, 3.8) is 0 Å². The maximum Gasteiger partial charge on any atom is 0.234 e. The monoisotopic (exact) mass is 442 g/mol. The molecule has 4 nitrogen and oxygen atoms in total. The van der Waals surface area contributed by atoms with Crippen molar-refractivity contribution in [2.24, 2.45) is 0 Å². The molecule has 3 aromatic rings. The minimum absolute atomic E-state index is 0. The molecule has 1 N–H and O–H groups in total. The number of ketones is 2. The predicted molar refractivity (Wildman–Crippen MR) is 95.4 cm³/mol. The van der Waals surface area contributed by atoms with Crippen molar-refractivity contribution < 1.29 is 35.9 Å². The SMILES string of the molecule is Br.O=C1C(=O)c2ccc(Oc3ccc(CO)cc3)c3cccc1c23.[Ni]. The molecule has 0 spiro atoms. The van der Waals surface area contributed by atoms with Crippen molar-refractivity contribution in [1.82, 2.24) is 0 Å². The molecular formula is C19H13BrNiO4. The molecule has 0 saturated carbocycles. The summed E-state index contributed by atoms with van der Waals surface area (Å²) in [7, 11) is 0. The van der Waals surface area contributed by atoms with Crippen molar-refractivity contribution in [2.45, 2.75) is 6.61 Å². The summed E-state index contributed by atoms with van der Waals surface area (Å²) in [5.41, 5.74) is 1.67. The van der Waals surface area contributed by atoms with Crippen molar-refractivity contribution in [3.05, 3.63) is 71.3 Å². The van der Waals surface area contributed by atoms with Crippen molar-refractivity contribution in [3.8, 4) is 11.5 Å². The second-order valence-corrected chi connectivity index (χ2v) is 5.40. The molecule has 0 aliphatic heterocycles. The van der Waals surface area contributed by atoms with Crippen molar-refractivity contribution in [2.75, 3.05) is 0 Å². The Hall–Kier alpha value is -2.01. The number of hydrogen-bond acceptors (Lipinski definition) is 4. The maximum atomic E-state index is 12.0. The van der Waals surface area contributed by atoms with Crippen LogP contribution in [-0.4, -0.2) is 16.7 Å². The minimum Gasteiger partial charge on any atom is -0.457 e. The number of Topliss-reactive ketones (excluding diaryl/α,β-unsaturated/α-hetero) is 2. The van der Waals surface area contributed by atoms with E-state index < -0.39 is 11.6 Å². The molecule has 0 unspecified atom stereocenters. The third-order valence-electron chi connectivity index (χ3n) is 4.03. The van der Waals surface area contributed by atoms with Gasteiger partial charge in [0.05, 0.1) is 6.61 Å². The van der Waals surface area contributed by atoms with Gasteiger partial charge in [-0.15, -0.1) is 17.0 Å². The van der Waals surface area contributed by atoms with Gasteiger partial charge in [0.15, 0.2) is 0 Å². The quantitative estimate of drug-likeness (QED) is 0.489. The van der Waals surface area contributed by atoms with Crippen LogP contribution in [0, 0.1) is 0 Å². The zero-order valence-electron chi connectivity index (χ0n) is 12.8. The number of aliphatic hydroxyl groups excluding tert-OH is 1. The average molecular weight is 444 g/mol. The number of aliphatic hydroxyl groups is 1. The number of ether oxygens (including phenoxy) is 1. The van der Waals surface area contributed by atoms with Crippen molar-refractivity contribution in [1.29, 1.82) is 0 Å². The fraction of sp³-hybridized carbons (Fsp3) is 0.0526. The van der Waals surface area contributed by atoms with E-state index in [-0.39, 0.29) is 40.1 Å². The summed E-state index contributed by atoms with van der Waals surface area (Å²) in [6, 6.07) is 15.7. The Labute approximate surface area is 164 Å². The van der Waals surface area contributed by atoms with Crippen LogP contribution < -0.4 is 4.74 Å². The van der Waals surface area contributed by atoms with E-state index in [0.717, 1.165) is 10.9 Å². The molecule has 0 heterocycles. The Morgan fingerprint density at radius 1 is 0.840 bits per heavy atom. The summed E-state index contributed by atoms with van der Waals surface area (Å²) in [5.74, 6) is 0.286. The van der Waals surface area contributed by atoms with Crippen LogP contribution in [0.2, 0.25) is 0 Å². The molecule has 25 heavy (non-hydrogen) atoms. The van der Waals surface area contributed by atoms with Gasteiger partial charge >= 0.3 is 0 Å². The molecule has 4 rings (SSSR count). The van der Waals surface area contributed by atoms with Gasteiger partial charge in [-0.1, -0.05) is 30.3 Å². The van der Waals surface area contributed by atoms with E-state index in [1.54, 1.807) is 48.5 Å². The molecule has 0 amide bonds. The van der Waals surface area contributed by atoms with Crippen molar-refractivity contribution >= 4 is 39.3 Å². The fourth-order valence-electron chi connectivity index (χ4n) is 2.88. The van der Waals surface area contributed by atoms with Gasteiger partial charge in [0.1, 0.15) is 11.5 Å². The van der Waals surface area contributed by atoms with E-state index >= 15 is 0 Å². The molecular weight excluding hydrogens is 431 g/mol. The Bertz CT molecular complexity index is 947. The van der Waals surface area contributed by atoms with E-state index in [1.807, 2.05) is 6.07 Å². The topological polar surface area (TPSA) is 63.6 Å². The first-order valence-corrected chi connectivity index (χ1v) is 7.21. The molecule has 0 aromatic heterocycles. The van der Waals surface area contributed by atoms with Gasteiger partial charge in [-0.3, -0.25) is 9.59 Å². The van der Waals surface area contributed by atoms with E-state index in [0.29, 0.717) is 28.0 Å². The van der Waals surface area contributed by atoms with Gasteiger partial charge in [0.25, 0.3) is 0 Å². The van der Waals surface area contributed by atoms with Crippen LogP contribution in [0.5, 0.6) is 11.5 Å². The number of halogens is 1. The Morgan fingerprint density at radius 2 is 1.48 bits per heavy atom. The zero-order valence-corrected chi connectivity index (χ0v) is 15.5. The fourth-order valence-corrected chi connectivity index (χ4v) is 2.88. The van der Waals surface area contributed by atoms with Crippen LogP contribution in [0.25, 0.3) is 10.8 Å². The molecule has 130 valence electrons. The van der Waals surface area contributed by atoms with Gasteiger partial charge < -0.3 is 9.84 Å². The largest absolute Gasteiger partial charge is 0.457 e. The average Bonchev–Trinajstić information content (AvgIpc) is 2.84. The first-order chi connectivity index (χ1) is 11.2. The van der Waals surface area contributed by atoms with E-state index in [9.17, 15) is 9.59 Å². The van der Waals surface area contributed by atoms with Crippen LogP contribution in [-0.2, 0) is 23.1 Å². The summed E-state index contributed by atoms with van der Waals surface area (Å²) in [6.07, 6.45) is 0. The minimum atomic E-state index is -0.463. The number of rotatable bonds is 3. The third-order valence-corrected chi connectivity index (χ3v) is 4.03. The van der Waals surface area contributed by atoms with Gasteiger partial charge in [0.2, 0.25) is 11.6 Å². The smallest absolute Gasteiger partial charge is 0.234 e. The van der Waals surface area contributed by atoms with Crippen LogP contribution in [0.15, 0.2) is 54.6 Å². The van der Waals surface area contributed by atoms with E-state index in [2.05, 4.69) is 0 Å². The molecule has 6 heteroatoms. The first-order valence-electron chi connectivity index (χ1n) is 7.21. The molecule has 0 radical (unpaired) electrons. The normalized spacial score (nSPS) is 11.9. The van der Waals surface area contributed by atoms with Crippen LogP contribution >= 0.6 is 17.0 Å². The first kappa shape index (κ1) is 19.3. The van der Waals surface area contributed by atoms with Crippen LogP contribution in [0.4, 0.5) is 0 Å². The van der Waals surface area contributed by atoms with Gasteiger partial charge in [-0.2, -0.15) is 0 Å². The van der Waals surface area contributed by atoms with Gasteiger partial charge in [-0.05, 0) is 29.8 Å². The summed E-state index contributed by atoms with van der Waals surface area (Å²) in [6.45, 7) is -0.0223. The van der Waals surface area contributed by atoms with E-state index in [1.165, 1.54) is 0 Å². The number of benzene rings is 3. The Balaban J connectivity index is 0.00000113. The third kappa shape index (κ3) is 3.13. The predicted octanol–water partition coefficient (Wildman–Crippen LogP) is 4.08. The maximum absolute atomic E-state index is 12.0. The molecule has 3 aromatic carbocycles. The van der Waals surface area contributed by atoms with E-state index in [4.69, 9.17) is 9.84 Å². The molecule has 1 aliphatic carbocycles. The number of hydrogen-bond donors (Lipinski definition) is 1. The molecule has 0 fully saturated rings. The summed E-state index contributed by atoms with van der Waals surface area (Å²) < 4.78 is 5.90. The number of carbonyl (C=O) groups is 2. The standard InChI is InChI=1S/C19H12O4.BrH.Ni/c20-10-11-4-6-12(7-5-11)23-16-9-8-15-17-13(16)2-1-3-14(17)18(21)19(15)22;;/h1-9,20H,10H2;1H;. The van der Waals surface area contributed by atoms with Crippen LogP contribution in [0.1, 0.15) is 26.3 Å². The summed E-state index contributed by atoms with van der Waals surface area (Å²) in [5, 5.41) is 10.5. The summed E-state index contributed by atoms with van der Waals surface area (Å²) in [4.78, 5) is 24.0. The van der Waals surface area contributed by atoms with Gasteiger partial charge in [-0.25, -0.2) is 0 Å². The Morgan fingerprint density at radius 3 is 2.12 bits per heavy atom. The number of carbonyl (C=O) groups excluding carboxylic acids is 2. The zero-order chi connectivity index (χ0) is 16.0. The van der Waals surface area contributed by atoms with Crippen LogP contribution in [0.3, 0.4) is 0 Å². The summed E-state index contributed by atoms with van der Waals surface area (Å²) >= 11 is 0. The Kier molecular flexibility index (Phi) is 5.78.